The minimum atomic E-state index is -1.04. The quantitative estimate of drug-likeness (QED) is 0.863. The lowest BCUT2D eigenvalue weighted by molar-refractivity contribution is -0.00617. The number of carboxylic acid groups (broad SMARTS) is 1. The third-order valence-electron chi connectivity index (χ3n) is 5.62. The molecule has 0 aliphatic heterocycles. The van der Waals surface area contributed by atoms with Crippen molar-refractivity contribution in [2.24, 2.45) is 17.8 Å². The van der Waals surface area contributed by atoms with Crippen molar-refractivity contribution in [2.45, 2.75) is 43.9 Å². The molecule has 0 aromatic carbocycles. The standard InChI is InChI=1S/C15H18N2O3/c18-12-4-11(13(14(19)20)17-16-12)15-5-8-1-9(6-15)3-10(2-8)7-15/h4,8-10H,1-3,5-7H2,(H,16,18)(H,19,20). The summed E-state index contributed by atoms with van der Waals surface area (Å²) in [6.45, 7) is 0. The van der Waals surface area contributed by atoms with Crippen molar-refractivity contribution in [3.63, 3.8) is 0 Å². The van der Waals surface area contributed by atoms with Gasteiger partial charge in [-0.1, -0.05) is 0 Å². The average molecular weight is 274 g/mol. The highest BCUT2D eigenvalue weighted by Crippen LogP contribution is 2.60. The number of carboxylic acids is 1. The minimum absolute atomic E-state index is 0.0477. The normalized spacial score (nSPS) is 38.1. The maximum Gasteiger partial charge on any atom is 0.356 e. The van der Waals surface area contributed by atoms with E-state index in [1.165, 1.54) is 25.3 Å². The molecule has 1 heterocycles. The summed E-state index contributed by atoms with van der Waals surface area (Å²) in [5.41, 5.74) is 0.337. The first-order valence-corrected chi connectivity index (χ1v) is 7.39. The summed E-state index contributed by atoms with van der Waals surface area (Å²) >= 11 is 0. The van der Waals surface area contributed by atoms with Gasteiger partial charge in [-0.3, -0.25) is 4.79 Å². The van der Waals surface area contributed by atoms with E-state index in [9.17, 15) is 14.7 Å². The van der Waals surface area contributed by atoms with E-state index >= 15 is 0 Å². The maximum absolute atomic E-state index is 11.6. The van der Waals surface area contributed by atoms with Crippen LogP contribution in [0.2, 0.25) is 0 Å². The molecule has 2 N–H and O–H groups in total. The zero-order valence-corrected chi connectivity index (χ0v) is 11.3. The van der Waals surface area contributed by atoms with Crippen molar-refractivity contribution in [1.29, 1.82) is 0 Å². The molecule has 4 saturated carbocycles. The van der Waals surface area contributed by atoms with Crippen molar-refractivity contribution in [3.05, 3.63) is 27.7 Å². The minimum Gasteiger partial charge on any atom is -0.476 e. The molecule has 106 valence electrons. The van der Waals surface area contributed by atoms with Crippen molar-refractivity contribution in [2.75, 3.05) is 0 Å². The molecule has 0 amide bonds. The number of aromatic amines is 1. The molecule has 0 spiro atoms. The van der Waals surface area contributed by atoms with Crippen LogP contribution < -0.4 is 5.56 Å². The number of hydrogen-bond donors (Lipinski definition) is 2. The third-order valence-corrected chi connectivity index (χ3v) is 5.62. The molecule has 4 fully saturated rings. The van der Waals surface area contributed by atoms with E-state index in [2.05, 4.69) is 10.2 Å². The van der Waals surface area contributed by atoms with E-state index < -0.39 is 5.97 Å². The number of H-pyrrole nitrogens is 1. The lowest BCUT2D eigenvalue weighted by atomic mass is 9.48. The van der Waals surface area contributed by atoms with Crippen LogP contribution in [0.1, 0.15) is 54.6 Å². The van der Waals surface area contributed by atoms with Gasteiger partial charge in [0, 0.05) is 6.07 Å². The Labute approximate surface area is 116 Å². The molecule has 1 aromatic rings. The molecule has 4 aliphatic carbocycles. The van der Waals surface area contributed by atoms with E-state index in [0.717, 1.165) is 19.3 Å². The van der Waals surface area contributed by atoms with Gasteiger partial charge in [-0.2, -0.15) is 5.10 Å². The van der Waals surface area contributed by atoms with Crippen LogP contribution in [-0.4, -0.2) is 21.3 Å². The number of rotatable bonds is 2. The fraction of sp³-hybridized carbons (Fsp3) is 0.667. The fourth-order valence-electron chi connectivity index (χ4n) is 5.41. The molecule has 1 aromatic heterocycles. The Bertz CT molecular complexity index is 599. The number of aromatic carboxylic acids is 1. The van der Waals surface area contributed by atoms with E-state index in [1.807, 2.05) is 0 Å². The van der Waals surface area contributed by atoms with Crippen LogP contribution in [0.25, 0.3) is 0 Å². The number of nitrogens with one attached hydrogen (secondary N) is 1. The van der Waals surface area contributed by atoms with Crippen molar-refractivity contribution < 1.29 is 9.90 Å². The zero-order valence-electron chi connectivity index (χ0n) is 11.3. The Morgan fingerprint density at radius 3 is 2.25 bits per heavy atom. The van der Waals surface area contributed by atoms with E-state index in [-0.39, 0.29) is 16.7 Å². The summed E-state index contributed by atoms with van der Waals surface area (Å²) in [6, 6.07) is 1.49. The number of nitrogens with zero attached hydrogens (tertiary/aromatic N) is 1. The molecule has 5 heteroatoms. The van der Waals surface area contributed by atoms with Crippen LogP contribution in [-0.2, 0) is 5.41 Å². The lowest BCUT2D eigenvalue weighted by Crippen LogP contribution is -2.49. The summed E-state index contributed by atoms with van der Waals surface area (Å²) < 4.78 is 0. The summed E-state index contributed by atoms with van der Waals surface area (Å²) in [5, 5.41) is 15.4. The molecule has 0 unspecified atom stereocenters. The molecule has 4 bridgehead atoms. The van der Waals surface area contributed by atoms with Crippen LogP contribution >= 0.6 is 0 Å². The van der Waals surface area contributed by atoms with Crippen LogP contribution in [0, 0.1) is 17.8 Å². The number of hydrogen-bond acceptors (Lipinski definition) is 3. The Morgan fingerprint density at radius 2 is 1.75 bits per heavy atom. The second-order valence-corrected chi connectivity index (χ2v) is 7.00. The van der Waals surface area contributed by atoms with Gasteiger partial charge in [-0.05, 0) is 67.3 Å². The molecule has 0 saturated heterocycles. The van der Waals surface area contributed by atoms with Gasteiger partial charge < -0.3 is 5.11 Å². The largest absolute Gasteiger partial charge is 0.476 e. The van der Waals surface area contributed by atoms with Gasteiger partial charge in [-0.15, -0.1) is 0 Å². The molecular formula is C15H18N2O3. The van der Waals surface area contributed by atoms with Gasteiger partial charge >= 0.3 is 5.97 Å². The van der Waals surface area contributed by atoms with Gasteiger partial charge in [0.15, 0.2) is 5.69 Å². The Hall–Kier alpha value is -1.65. The van der Waals surface area contributed by atoms with Crippen LogP contribution in [0.5, 0.6) is 0 Å². The molecule has 5 rings (SSSR count). The molecule has 4 aliphatic rings. The first-order valence-electron chi connectivity index (χ1n) is 7.39. The van der Waals surface area contributed by atoms with Crippen molar-refractivity contribution >= 4 is 5.97 Å². The SMILES string of the molecule is O=C(O)c1n[nH]c(=O)cc1C12CC3CC(CC(C3)C1)C2. The van der Waals surface area contributed by atoms with Gasteiger partial charge in [-0.25, -0.2) is 9.89 Å². The second kappa shape index (κ2) is 3.93. The Kier molecular flexibility index (Phi) is 2.38. The van der Waals surface area contributed by atoms with Gasteiger partial charge in [0.1, 0.15) is 0 Å². The van der Waals surface area contributed by atoms with E-state index in [4.69, 9.17) is 0 Å². The van der Waals surface area contributed by atoms with Crippen LogP contribution in [0.15, 0.2) is 10.9 Å². The van der Waals surface area contributed by atoms with Crippen molar-refractivity contribution in [1.82, 2.24) is 10.2 Å². The van der Waals surface area contributed by atoms with Crippen LogP contribution in [0.3, 0.4) is 0 Å². The molecule has 0 atom stereocenters. The lowest BCUT2D eigenvalue weighted by Gasteiger charge is -2.57. The van der Waals surface area contributed by atoms with Crippen LogP contribution in [0.4, 0.5) is 0 Å². The fourth-order valence-corrected chi connectivity index (χ4v) is 5.41. The predicted octanol–water partition coefficient (Wildman–Crippen LogP) is 1.94. The average Bonchev–Trinajstić information content (AvgIpc) is 2.36. The third kappa shape index (κ3) is 1.65. The predicted molar refractivity (Wildman–Crippen MR) is 71.7 cm³/mol. The van der Waals surface area contributed by atoms with E-state index in [1.54, 1.807) is 0 Å². The maximum atomic E-state index is 11.6. The summed E-state index contributed by atoms with van der Waals surface area (Å²) in [7, 11) is 0. The molecule has 5 nitrogen and oxygen atoms in total. The monoisotopic (exact) mass is 274 g/mol. The smallest absolute Gasteiger partial charge is 0.356 e. The Balaban J connectivity index is 1.86. The first-order chi connectivity index (χ1) is 9.56. The second-order valence-electron chi connectivity index (χ2n) is 7.00. The van der Waals surface area contributed by atoms with Crippen molar-refractivity contribution in [3.8, 4) is 0 Å². The van der Waals surface area contributed by atoms with Gasteiger partial charge in [0.25, 0.3) is 5.56 Å². The number of carbonyl (C=O) groups is 1. The Morgan fingerprint density at radius 1 is 1.20 bits per heavy atom. The molecule has 20 heavy (non-hydrogen) atoms. The highest BCUT2D eigenvalue weighted by molar-refractivity contribution is 5.87. The zero-order chi connectivity index (χ0) is 13.9. The topological polar surface area (TPSA) is 83.0 Å². The van der Waals surface area contributed by atoms with E-state index in [0.29, 0.717) is 23.3 Å². The highest BCUT2D eigenvalue weighted by Gasteiger charge is 2.52. The number of aromatic nitrogens is 2. The molecule has 0 radical (unpaired) electrons. The van der Waals surface area contributed by atoms with Gasteiger partial charge in [0.05, 0.1) is 0 Å². The summed E-state index contributed by atoms with van der Waals surface area (Å²) in [4.78, 5) is 23.1. The summed E-state index contributed by atoms with van der Waals surface area (Å²) in [5.74, 6) is 1.10. The molecular weight excluding hydrogens is 256 g/mol. The first kappa shape index (κ1) is 12.1. The van der Waals surface area contributed by atoms with Gasteiger partial charge in [0.2, 0.25) is 0 Å². The summed E-state index contributed by atoms with van der Waals surface area (Å²) in [6.07, 6.45) is 6.97. The highest BCUT2D eigenvalue weighted by atomic mass is 16.4.